The van der Waals surface area contributed by atoms with Crippen LogP contribution in [0.3, 0.4) is 0 Å². The van der Waals surface area contributed by atoms with Crippen molar-refractivity contribution in [3.8, 4) is 0 Å². The number of carbonyl (C=O) groups excluding carboxylic acids is 2. The zero-order chi connectivity index (χ0) is 17.7. The van der Waals surface area contributed by atoms with Gasteiger partial charge >= 0.3 is 5.97 Å². The number of hydrogen-bond acceptors (Lipinski definition) is 3. The second kappa shape index (κ2) is 8.13. The minimum Gasteiger partial charge on any atom is -0.449 e. The van der Waals surface area contributed by atoms with E-state index in [0.717, 1.165) is 5.56 Å². The Morgan fingerprint density at radius 2 is 1.79 bits per heavy atom. The maximum atomic E-state index is 12.8. The Hall–Kier alpha value is -2.11. The van der Waals surface area contributed by atoms with Crippen LogP contribution in [0.1, 0.15) is 22.8 Å². The summed E-state index contributed by atoms with van der Waals surface area (Å²) in [5.74, 6) is -1.50. The van der Waals surface area contributed by atoms with Crippen molar-refractivity contribution in [3.63, 3.8) is 0 Å². The topological polar surface area (TPSA) is 55.4 Å². The predicted octanol–water partition coefficient (Wildman–Crippen LogP) is 3.99. The molecule has 0 radical (unpaired) electrons. The molecule has 24 heavy (non-hydrogen) atoms. The van der Waals surface area contributed by atoms with E-state index in [1.165, 1.54) is 37.3 Å². The summed E-state index contributed by atoms with van der Waals surface area (Å²) < 4.78 is 17.9. The van der Waals surface area contributed by atoms with E-state index >= 15 is 0 Å². The van der Waals surface area contributed by atoms with E-state index in [1.807, 2.05) is 0 Å². The molecule has 1 amide bonds. The fourth-order valence-corrected chi connectivity index (χ4v) is 2.14. The van der Waals surface area contributed by atoms with Gasteiger partial charge in [-0.3, -0.25) is 4.79 Å². The van der Waals surface area contributed by atoms with E-state index < -0.39 is 18.0 Å². The van der Waals surface area contributed by atoms with E-state index in [0.29, 0.717) is 5.02 Å². The van der Waals surface area contributed by atoms with Gasteiger partial charge in [-0.05, 0) is 42.8 Å². The van der Waals surface area contributed by atoms with Crippen LogP contribution in [-0.2, 0) is 16.1 Å². The molecule has 0 aliphatic heterocycles. The highest BCUT2D eigenvalue weighted by molar-refractivity contribution is 6.42. The molecule has 0 spiro atoms. The number of hydrogen-bond donors (Lipinski definition) is 1. The highest BCUT2D eigenvalue weighted by atomic mass is 35.5. The number of benzene rings is 2. The smallest absolute Gasteiger partial charge is 0.338 e. The van der Waals surface area contributed by atoms with Gasteiger partial charge in [0.1, 0.15) is 5.82 Å². The van der Waals surface area contributed by atoms with Gasteiger partial charge in [-0.1, -0.05) is 35.3 Å². The van der Waals surface area contributed by atoms with Crippen molar-refractivity contribution in [3.05, 3.63) is 69.5 Å². The number of carbonyl (C=O) groups is 2. The number of halogens is 3. The van der Waals surface area contributed by atoms with Crippen LogP contribution in [0.25, 0.3) is 0 Å². The molecule has 2 aromatic rings. The Kier molecular flexibility index (Phi) is 6.17. The van der Waals surface area contributed by atoms with Gasteiger partial charge < -0.3 is 10.1 Å². The minimum absolute atomic E-state index is 0.197. The number of amides is 1. The Balaban J connectivity index is 1.89. The van der Waals surface area contributed by atoms with E-state index in [4.69, 9.17) is 27.9 Å². The fourth-order valence-electron chi connectivity index (χ4n) is 1.84. The van der Waals surface area contributed by atoms with Crippen LogP contribution >= 0.6 is 23.2 Å². The maximum absolute atomic E-state index is 12.8. The first-order chi connectivity index (χ1) is 11.4. The number of nitrogens with one attached hydrogen (secondary N) is 1. The molecule has 0 saturated carbocycles. The summed E-state index contributed by atoms with van der Waals surface area (Å²) in [5, 5.41) is 3.15. The van der Waals surface area contributed by atoms with E-state index in [2.05, 4.69) is 5.32 Å². The second-order valence-electron chi connectivity index (χ2n) is 5.02. The SMILES string of the molecule is C[C@H](OC(=O)c1ccc(Cl)c(Cl)c1)C(=O)NCc1ccc(F)cc1. The second-order valence-corrected chi connectivity index (χ2v) is 5.84. The van der Waals surface area contributed by atoms with Gasteiger partial charge in [-0.25, -0.2) is 9.18 Å². The van der Waals surface area contributed by atoms with E-state index in [-0.39, 0.29) is 22.9 Å². The molecule has 0 saturated heterocycles. The summed E-state index contributed by atoms with van der Waals surface area (Å²) in [6.07, 6.45) is -0.993. The van der Waals surface area contributed by atoms with Crippen LogP contribution in [0.2, 0.25) is 10.0 Å². The summed E-state index contributed by atoms with van der Waals surface area (Å²) in [5.41, 5.74) is 0.926. The molecule has 4 nitrogen and oxygen atoms in total. The highest BCUT2D eigenvalue weighted by Crippen LogP contribution is 2.23. The third kappa shape index (κ3) is 4.94. The molecule has 0 heterocycles. The average Bonchev–Trinajstić information content (AvgIpc) is 2.56. The standard InChI is InChI=1S/C17H14Cl2FNO3/c1-10(16(22)21-9-11-2-5-13(20)6-3-11)24-17(23)12-4-7-14(18)15(19)8-12/h2-8,10H,9H2,1H3,(H,21,22)/t10-/m0/s1. The Morgan fingerprint density at radius 3 is 2.42 bits per heavy atom. The first kappa shape index (κ1) is 18.2. The molecular weight excluding hydrogens is 356 g/mol. The zero-order valence-corrected chi connectivity index (χ0v) is 14.2. The van der Waals surface area contributed by atoms with Crippen molar-refractivity contribution in [2.75, 3.05) is 0 Å². The molecule has 0 aliphatic carbocycles. The Labute approximate surface area is 148 Å². The van der Waals surface area contributed by atoms with Crippen LogP contribution in [0, 0.1) is 5.82 Å². The van der Waals surface area contributed by atoms with Crippen molar-refractivity contribution in [2.45, 2.75) is 19.6 Å². The lowest BCUT2D eigenvalue weighted by molar-refractivity contribution is -0.129. The van der Waals surface area contributed by atoms with Crippen LogP contribution in [0.4, 0.5) is 4.39 Å². The van der Waals surface area contributed by atoms with Crippen LogP contribution in [0.15, 0.2) is 42.5 Å². The molecule has 2 aromatic carbocycles. The van der Waals surface area contributed by atoms with Crippen LogP contribution in [-0.4, -0.2) is 18.0 Å². The lowest BCUT2D eigenvalue weighted by Gasteiger charge is -2.14. The summed E-state index contributed by atoms with van der Waals surface area (Å²) in [7, 11) is 0. The largest absolute Gasteiger partial charge is 0.449 e. The van der Waals surface area contributed by atoms with Gasteiger partial charge in [-0.15, -0.1) is 0 Å². The molecule has 0 aromatic heterocycles. The lowest BCUT2D eigenvalue weighted by Crippen LogP contribution is -2.35. The first-order valence-electron chi connectivity index (χ1n) is 7.05. The van der Waals surface area contributed by atoms with Crippen molar-refractivity contribution in [1.29, 1.82) is 0 Å². The molecule has 7 heteroatoms. The lowest BCUT2D eigenvalue weighted by atomic mass is 10.2. The first-order valence-corrected chi connectivity index (χ1v) is 7.80. The molecule has 2 rings (SSSR count). The summed E-state index contributed by atoms with van der Waals surface area (Å²) in [4.78, 5) is 24.0. The fraction of sp³-hybridized carbons (Fsp3) is 0.176. The molecule has 0 fully saturated rings. The molecule has 1 N–H and O–H groups in total. The van der Waals surface area contributed by atoms with Crippen LogP contribution < -0.4 is 5.32 Å². The third-order valence-corrected chi connectivity index (χ3v) is 3.93. The number of esters is 1. The van der Waals surface area contributed by atoms with Gasteiger partial charge in [0.25, 0.3) is 5.91 Å². The van der Waals surface area contributed by atoms with Gasteiger partial charge in [0.2, 0.25) is 0 Å². The quantitative estimate of drug-likeness (QED) is 0.810. The molecule has 1 atom stereocenters. The average molecular weight is 370 g/mol. The molecule has 126 valence electrons. The Morgan fingerprint density at radius 1 is 1.12 bits per heavy atom. The van der Waals surface area contributed by atoms with Gasteiger partial charge in [0.05, 0.1) is 15.6 Å². The van der Waals surface area contributed by atoms with Gasteiger partial charge in [-0.2, -0.15) is 0 Å². The van der Waals surface area contributed by atoms with Crippen molar-refractivity contribution < 1.29 is 18.7 Å². The maximum Gasteiger partial charge on any atom is 0.338 e. The summed E-state index contributed by atoms with van der Waals surface area (Å²) in [6.45, 7) is 1.66. The highest BCUT2D eigenvalue weighted by Gasteiger charge is 2.19. The molecular formula is C17H14Cl2FNO3. The molecule has 0 unspecified atom stereocenters. The van der Waals surface area contributed by atoms with E-state index in [1.54, 1.807) is 12.1 Å². The predicted molar refractivity (Wildman–Crippen MR) is 89.6 cm³/mol. The molecule has 0 aliphatic rings. The van der Waals surface area contributed by atoms with Crippen molar-refractivity contribution in [2.24, 2.45) is 0 Å². The normalized spacial score (nSPS) is 11.7. The summed E-state index contributed by atoms with van der Waals surface area (Å²) >= 11 is 11.6. The van der Waals surface area contributed by atoms with Gasteiger partial charge in [0.15, 0.2) is 6.10 Å². The van der Waals surface area contributed by atoms with Gasteiger partial charge in [0, 0.05) is 6.54 Å². The van der Waals surface area contributed by atoms with E-state index in [9.17, 15) is 14.0 Å². The van der Waals surface area contributed by atoms with Crippen LogP contribution in [0.5, 0.6) is 0 Å². The molecule has 0 bridgehead atoms. The minimum atomic E-state index is -0.993. The zero-order valence-electron chi connectivity index (χ0n) is 12.7. The Bertz CT molecular complexity index is 750. The number of ether oxygens (including phenoxy) is 1. The van der Waals surface area contributed by atoms with Crippen molar-refractivity contribution in [1.82, 2.24) is 5.32 Å². The monoisotopic (exact) mass is 369 g/mol. The summed E-state index contributed by atoms with van der Waals surface area (Å²) in [6, 6.07) is 10.0. The third-order valence-electron chi connectivity index (χ3n) is 3.19. The number of rotatable bonds is 5. The van der Waals surface area contributed by atoms with Crippen molar-refractivity contribution >= 4 is 35.1 Å².